The van der Waals surface area contributed by atoms with Gasteiger partial charge in [0.25, 0.3) is 7.59 Å². The number of hydrogen-bond acceptors (Lipinski definition) is 3. The van der Waals surface area contributed by atoms with E-state index < -0.39 is 13.4 Å². The average molecular weight is 339 g/mol. The Kier molecular flexibility index (Phi) is 8.83. The third-order valence-electron chi connectivity index (χ3n) is 0.802. The molecule has 0 aliphatic rings. The molecular formula is C6H6Cl6O3. The second-order valence-corrected chi connectivity index (χ2v) is 6.58. The topological polar surface area (TPSA) is 43.4 Å². The third-order valence-corrected chi connectivity index (χ3v) is 1.83. The minimum atomic E-state index is -2.18. The first-order chi connectivity index (χ1) is 6.42. The molecule has 0 N–H and O–H groups in total. The van der Waals surface area contributed by atoms with Crippen molar-refractivity contribution in [1.29, 1.82) is 0 Å². The summed E-state index contributed by atoms with van der Waals surface area (Å²) in [5.74, 6) is -1.33. The molecule has 0 saturated heterocycles. The lowest BCUT2D eigenvalue weighted by Gasteiger charge is -2.14. The Morgan fingerprint density at radius 3 is 1.13 bits per heavy atom. The summed E-state index contributed by atoms with van der Waals surface area (Å²) >= 11 is 30.6. The summed E-state index contributed by atoms with van der Waals surface area (Å²) in [4.78, 5) is 20.3. The van der Waals surface area contributed by atoms with Gasteiger partial charge in [0.15, 0.2) is 0 Å². The zero-order valence-electron chi connectivity index (χ0n) is 7.49. The van der Waals surface area contributed by atoms with E-state index in [-0.39, 0.29) is 5.97 Å². The van der Waals surface area contributed by atoms with Gasteiger partial charge in [-0.1, -0.05) is 69.6 Å². The van der Waals surface area contributed by atoms with E-state index >= 15 is 0 Å². The number of ether oxygens (including phenoxy) is 1. The van der Waals surface area contributed by atoms with Gasteiger partial charge in [-0.3, -0.25) is 9.59 Å². The third kappa shape index (κ3) is 11.1. The van der Waals surface area contributed by atoms with Gasteiger partial charge >= 0.3 is 5.97 Å². The highest BCUT2D eigenvalue weighted by molar-refractivity contribution is 6.86. The van der Waals surface area contributed by atoms with E-state index in [4.69, 9.17) is 69.6 Å². The van der Waals surface area contributed by atoms with Crippen LogP contribution in [-0.4, -0.2) is 26.4 Å². The molecule has 0 heterocycles. The van der Waals surface area contributed by atoms with Gasteiger partial charge in [0.05, 0.1) is 7.11 Å². The molecule has 15 heavy (non-hydrogen) atoms. The number of carbonyl (C=O) groups excluding carboxylic acids is 2. The summed E-state index contributed by atoms with van der Waals surface area (Å²) in [5, 5.41) is 0. The van der Waals surface area contributed by atoms with Crippen LogP contribution in [0.4, 0.5) is 0 Å². The Morgan fingerprint density at radius 2 is 1.13 bits per heavy atom. The lowest BCUT2D eigenvalue weighted by molar-refractivity contribution is -0.137. The van der Waals surface area contributed by atoms with Crippen molar-refractivity contribution < 1.29 is 14.3 Å². The molecule has 0 bridgehead atoms. The van der Waals surface area contributed by atoms with E-state index in [1.807, 2.05) is 0 Å². The molecule has 0 fully saturated rings. The second-order valence-electron chi connectivity index (χ2n) is 2.02. The number of halogens is 6. The van der Waals surface area contributed by atoms with Crippen LogP contribution in [0.3, 0.4) is 0 Å². The maximum absolute atomic E-state index is 10.7. The van der Waals surface area contributed by atoms with Crippen LogP contribution < -0.4 is 0 Å². The van der Waals surface area contributed by atoms with Crippen molar-refractivity contribution in [3.8, 4) is 0 Å². The van der Waals surface area contributed by atoms with E-state index in [0.717, 1.165) is 0 Å². The van der Waals surface area contributed by atoms with Crippen LogP contribution in [0.1, 0.15) is 6.92 Å². The Labute approximate surface area is 117 Å². The van der Waals surface area contributed by atoms with Crippen molar-refractivity contribution >= 4 is 81.4 Å². The van der Waals surface area contributed by atoms with Gasteiger partial charge in [0, 0.05) is 6.92 Å². The fourth-order valence-electron chi connectivity index (χ4n) is 0.161. The molecule has 0 spiro atoms. The van der Waals surface area contributed by atoms with Crippen LogP contribution in [0.15, 0.2) is 0 Å². The number of carbonyl (C=O) groups is 2. The van der Waals surface area contributed by atoms with Gasteiger partial charge in [0.1, 0.15) is 0 Å². The standard InChI is InChI=1S/C3Cl6O.C3H6O2/c4-2(5,6)1(10)3(7,8)9;1-3(4)5-2/h;1-2H3. The van der Waals surface area contributed by atoms with E-state index in [2.05, 4.69) is 4.74 Å². The number of Topliss-reactive ketones (excluding diaryl/α,β-unsaturated/α-hetero) is 1. The summed E-state index contributed by atoms with van der Waals surface area (Å²) in [7, 11) is 1.35. The summed E-state index contributed by atoms with van der Waals surface area (Å²) in [5.41, 5.74) is 0. The zero-order valence-corrected chi connectivity index (χ0v) is 12.0. The molecule has 0 aromatic carbocycles. The molecule has 0 rings (SSSR count). The first-order valence-electron chi connectivity index (χ1n) is 3.15. The minimum absolute atomic E-state index is 0.245. The molecule has 9 heteroatoms. The second kappa shape index (κ2) is 7.25. The van der Waals surface area contributed by atoms with E-state index in [9.17, 15) is 9.59 Å². The number of hydrogen-bond donors (Lipinski definition) is 0. The fraction of sp³-hybridized carbons (Fsp3) is 0.667. The molecule has 3 nitrogen and oxygen atoms in total. The van der Waals surface area contributed by atoms with Gasteiger partial charge in [-0.05, 0) is 0 Å². The molecule has 0 aliphatic carbocycles. The van der Waals surface area contributed by atoms with Gasteiger partial charge in [-0.15, -0.1) is 0 Å². The normalized spacial score (nSPS) is 11.2. The number of methoxy groups -OCH3 is 1. The van der Waals surface area contributed by atoms with Crippen LogP contribution in [0.2, 0.25) is 0 Å². The van der Waals surface area contributed by atoms with Crippen molar-refractivity contribution in [1.82, 2.24) is 0 Å². The summed E-state index contributed by atoms with van der Waals surface area (Å²) in [6.07, 6.45) is 0. The first kappa shape index (κ1) is 18.3. The van der Waals surface area contributed by atoms with E-state index in [1.165, 1.54) is 14.0 Å². The summed E-state index contributed by atoms with van der Waals surface area (Å²) < 4.78 is -0.240. The van der Waals surface area contributed by atoms with Crippen LogP contribution >= 0.6 is 69.6 Å². The maximum atomic E-state index is 10.7. The van der Waals surface area contributed by atoms with Crippen molar-refractivity contribution in [3.63, 3.8) is 0 Å². The van der Waals surface area contributed by atoms with Crippen molar-refractivity contribution in [3.05, 3.63) is 0 Å². The van der Waals surface area contributed by atoms with Gasteiger partial charge < -0.3 is 4.74 Å². The Morgan fingerprint density at radius 1 is 0.933 bits per heavy atom. The maximum Gasteiger partial charge on any atom is 0.302 e. The predicted octanol–water partition coefficient (Wildman–Crippen LogP) is 3.48. The Hall–Kier alpha value is 0.880. The molecule has 0 radical (unpaired) electrons. The zero-order chi connectivity index (χ0) is 12.9. The molecule has 0 aromatic rings. The highest BCUT2D eigenvalue weighted by atomic mass is 35.6. The largest absolute Gasteiger partial charge is 0.469 e. The van der Waals surface area contributed by atoms with Gasteiger partial charge in [-0.2, -0.15) is 0 Å². The molecule has 0 aromatic heterocycles. The van der Waals surface area contributed by atoms with Crippen LogP contribution in [0.5, 0.6) is 0 Å². The number of ketones is 1. The van der Waals surface area contributed by atoms with Gasteiger partial charge in [-0.25, -0.2) is 0 Å². The van der Waals surface area contributed by atoms with Crippen molar-refractivity contribution in [2.75, 3.05) is 7.11 Å². The Bertz CT molecular complexity index is 212. The number of alkyl halides is 6. The molecule has 0 saturated carbocycles. The first-order valence-corrected chi connectivity index (χ1v) is 5.42. The molecule has 0 unspecified atom stereocenters. The van der Waals surface area contributed by atoms with E-state index in [0.29, 0.717) is 0 Å². The predicted molar refractivity (Wildman–Crippen MR) is 63.3 cm³/mol. The molecule has 0 aliphatic heterocycles. The Balaban J connectivity index is 0. The van der Waals surface area contributed by atoms with Crippen molar-refractivity contribution in [2.24, 2.45) is 0 Å². The number of rotatable bonds is 0. The summed E-state index contributed by atoms with van der Waals surface area (Å²) in [6, 6.07) is 0. The SMILES string of the molecule is COC(C)=O.O=C(C(Cl)(Cl)Cl)C(Cl)(Cl)Cl. The number of esters is 1. The summed E-state index contributed by atoms with van der Waals surface area (Å²) in [6.45, 7) is 1.36. The molecule has 0 atom stereocenters. The molecular weight excluding hydrogens is 333 g/mol. The average Bonchev–Trinajstić information content (AvgIpc) is 2.01. The monoisotopic (exact) mass is 336 g/mol. The van der Waals surface area contributed by atoms with Gasteiger partial charge in [0.2, 0.25) is 5.78 Å². The lowest BCUT2D eigenvalue weighted by Crippen LogP contribution is -2.31. The minimum Gasteiger partial charge on any atom is -0.469 e. The highest BCUT2D eigenvalue weighted by Crippen LogP contribution is 2.39. The van der Waals surface area contributed by atoms with E-state index in [1.54, 1.807) is 0 Å². The molecule has 0 amide bonds. The van der Waals surface area contributed by atoms with Crippen LogP contribution in [0.25, 0.3) is 0 Å². The lowest BCUT2D eigenvalue weighted by atomic mass is 10.5. The quantitative estimate of drug-likeness (QED) is 0.501. The molecule has 90 valence electrons. The van der Waals surface area contributed by atoms with Crippen LogP contribution in [0, 0.1) is 0 Å². The smallest absolute Gasteiger partial charge is 0.302 e. The highest BCUT2D eigenvalue weighted by Gasteiger charge is 2.44. The van der Waals surface area contributed by atoms with Crippen molar-refractivity contribution in [2.45, 2.75) is 14.5 Å². The fourth-order valence-corrected chi connectivity index (χ4v) is 1.45. The van der Waals surface area contributed by atoms with Crippen LogP contribution in [-0.2, 0) is 14.3 Å².